The monoisotopic (exact) mass is 214 g/mol. The number of nitrogens with zero attached hydrogens (tertiary/aromatic N) is 1. The summed E-state index contributed by atoms with van der Waals surface area (Å²) in [4.78, 5) is 24.7. The topological polar surface area (TPSA) is 49.4 Å². The van der Waals surface area contributed by atoms with Gasteiger partial charge in [0.1, 0.15) is 6.04 Å². The fraction of sp³-hybridized carbons (Fsp3) is 0.818. The van der Waals surface area contributed by atoms with E-state index in [-0.39, 0.29) is 17.7 Å². The normalized spacial score (nSPS) is 12.4. The molecule has 0 aromatic rings. The zero-order valence-corrected chi connectivity index (χ0v) is 10.3. The number of amides is 2. The third-order valence-electron chi connectivity index (χ3n) is 2.37. The molecule has 0 bridgehead atoms. The zero-order valence-electron chi connectivity index (χ0n) is 10.3. The summed E-state index contributed by atoms with van der Waals surface area (Å²) in [7, 11) is 0. The van der Waals surface area contributed by atoms with Crippen LogP contribution in [0.2, 0.25) is 0 Å². The van der Waals surface area contributed by atoms with E-state index in [9.17, 15) is 9.59 Å². The van der Waals surface area contributed by atoms with Crippen LogP contribution in [0.25, 0.3) is 0 Å². The average molecular weight is 214 g/mol. The second-order valence-corrected chi connectivity index (χ2v) is 3.93. The quantitative estimate of drug-likeness (QED) is 0.742. The van der Waals surface area contributed by atoms with Gasteiger partial charge in [0.05, 0.1) is 0 Å². The molecule has 0 saturated carbocycles. The van der Waals surface area contributed by atoms with Crippen molar-refractivity contribution in [1.29, 1.82) is 0 Å². The highest BCUT2D eigenvalue weighted by Crippen LogP contribution is 2.06. The van der Waals surface area contributed by atoms with Crippen LogP contribution >= 0.6 is 0 Å². The molecule has 0 aromatic heterocycles. The summed E-state index contributed by atoms with van der Waals surface area (Å²) in [6.07, 6.45) is 0. The molecule has 0 spiro atoms. The van der Waals surface area contributed by atoms with Gasteiger partial charge in [0, 0.05) is 20.0 Å². The van der Waals surface area contributed by atoms with Crippen LogP contribution in [-0.4, -0.2) is 35.8 Å². The van der Waals surface area contributed by atoms with Crippen molar-refractivity contribution in [2.45, 2.75) is 40.7 Å². The molecule has 0 saturated heterocycles. The van der Waals surface area contributed by atoms with Crippen molar-refractivity contribution >= 4 is 11.8 Å². The van der Waals surface area contributed by atoms with Crippen molar-refractivity contribution < 1.29 is 9.59 Å². The summed E-state index contributed by atoms with van der Waals surface area (Å²) in [5, 5.41) is 2.70. The Morgan fingerprint density at radius 3 is 1.93 bits per heavy atom. The lowest BCUT2D eigenvalue weighted by molar-refractivity contribution is -0.137. The fourth-order valence-corrected chi connectivity index (χ4v) is 1.46. The van der Waals surface area contributed by atoms with E-state index in [0.717, 1.165) is 0 Å². The number of nitrogens with one attached hydrogen (secondary N) is 1. The molecular formula is C11H22N2O2. The first kappa shape index (κ1) is 13.9. The van der Waals surface area contributed by atoms with Crippen molar-refractivity contribution in [3.05, 3.63) is 0 Å². The first-order chi connectivity index (χ1) is 6.93. The van der Waals surface area contributed by atoms with Gasteiger partial charge in [0.25, 0.3) is 0 Å². The van der Waals surface area contributed by atoms with Crippen molar-refractivity contribution in [2.75, 3.05) is 13.1 Å². The van der Waals surface area contributed by atoms with Crippen LogP contribution < -0.4 is 5.32 Å². The summed E-state index contributed by atoms with van der Waals surface area (Å²) >= 11 is 0. The molecule has 1 atom stereocenters. The molecule has 2 amide bonds. The van der Waals surface area contributed by atoms with E-state index in [0.29, 0.717) is 13.1 Å². The highest BCUT2D eigenvalue weighted by atomic mass is 16.2. The Morgan fingerprint density at radius 1 is 1.20 bits per heavy atom. The molecule has 15 heavy (non-hydrogen) atoms. The zero-order chi connectivity index (χ0) is 12.0. The Labute approximate surface area is 92.0 Å². The van der Waals surface area contributed by atoms with E-state index in [2.05, 4.69) is 5.32 Å². The minimum Gasteiger partial charge on any atom is -0.344 e. The standard InChI is InChI=1S/C11H22N2O2/c1-6-13(7-2)11(15)10(8(3)4)12-9(5)14/h8,10H,6-7H2,1-5H3,(H,12,14). The minimum atomic E-state index is -0.401. The second-order valence-electron chi connectivity index (χ2n) is 3.93. The molecule has 0 radical (unpaired) electrons. The highest BCUT2D eigenvalue weighted by molar-refractivity contribution is 5.87. The average Bonchev–Trinajstić information content (AvgIpc) is 2.15. The van der Waals surface area contributed by atoms with E-state index in [1.807, 2.05) is 27.7 Å². The Hall–Kier alpha value is -1.06. The van der Waals surface area contributed by atoms with Gasteiger partial charge in [-0.1, -0.05) is 13.8 Å². The largest absolute Gasteiger partial charge is 0.344 e. The number of hydrogen-bond donors (Lipinski definition) is 1. The van der Waals surface area contributed by atoms with Gasteiger partial charge in [-0.25, -0.2) is 0 Å². The molecule has 0 aliphatic heterocycles. The van der Waals surface area contributed by atoms with Crippen molar-refractivity contribution in [1.82, 2.24) is 10.2 Å². The number of carbonyl (C=O) groups excluding carboxylic acids is 2. The summed E-state index contributed by atoms with van der Waals surface area (Å²) in [5.74, 6) is -0.0404. The number of likely N-dealkylation sites (N-methyl/N-ethyl adjacent to an activating group) is 1. The summed E-state index contributed by atoms with van der Waals surface area (Å²) in [5.41, 5.74) is 0. The smallest absolute Gasteiger partial charge is 0.245 e. The number of carbonyl (C=O) groups is 2. The highest BCUT2D eigenvalue weighted by Gasteiger charge is 2.26. The van der Waals surface area contributed by atoms with Crippen LogP contribution in [0.3, 0.4) is 0 Å². The van der Waals surface area contributed by atoms with Crippen LogP contribution in [0, 0.1) is 5.92 Å². The van der Waals surface area contributed by atoms with Gasteiger partial charge in [0.2, 0.25) is 11.8 Å². The van der Waals surface area contributed by atoms with Gasteiger partial charge in [-0.15, -0.1) is 0 Å². The fourth-order valence-electron chi connectivity index (χ4n) is 1.46. The van der Waals surface area contributed by atoms with Gasteiger partial charge in [-0.3, -0.25) is 9.59 Å². The lowest BCUT2D eigenvalue weighted by atomic mass is 10.0. The Bertz CT molecular complexity index is 223. The first-order valence-corrected chi connectivity index (χ1v) is 5.49. The third-order valence-corrected chi connectivity index (χ3v) is 2.37. The van der Waals surface area contributed by atoms with E-state index >= 15 is 0 Å². The lowest BCUT2D eigenvalue weighted by Crippen LogP contribution is -2.50. The molecule has 0 rings (SSSR count). The molecule has 4 nitrogen and oxygen atoms in total. The summed E-state index contributed by atoms with van der Waals surface area (Å²) in [6, 6.07) is -0.401. The van der Waals surface area contributed by atoms with Crippen molar-refractivity contribution in [3.63, 3.8) is 0 Å². The maximum Gasteiger partial charge on any atom is 0.245 e. The number of hydrogen-bond acceptors (Lipinski definition) is 2. The van der Waals surface area contributed by atoms with E-state index < -0.39 is 6.04 Å². The molecule has 0 aliphatic carbocycles. The second kappa shape index (κ2) is 6.43. The number of rotatable bonds is 5. The van der Waals surface area contributed by atoms with E-state index in [4.69, 9.17) is 0 Å². The predicted octanol–water partition coefficient (Wildman–Crippen LogP) is 1.02. The maximum atomic E-state index is 12.0. The third kappa shape index (κ3) is 4.32. The van der Waals surface area contributed by atoms with Crippen LogP contribution in [0.4, 0.5) is 0 Å². The minimum absolute atomic E-state index is 0.00481. The van der Waals surface area contributed by atoms with E-state index in [1.54, 1.807) is 4.90 Å². The predicted molar refractivity (Wildman–Crippen MR) is 60.4 cm³/mol. The SMILES string of the molecule is CCN(CC)C(=O)C(NC(C)=O)C(C)C. The summed E-state index contributed by atoms with van der Waals surface area (Å²) < 4.78 is 0. The molecule has 1 N–H and O–H groups in total. The van der Waals surface area contributed by atoms with E-state index in [1.165, 1.54) is 6.92 Å². The van der Waals surface area contributed by atoms with Gasteiger partial charge in [0.15, 0.2) is 0 Å². The first-order valence-electron chi connectivity index (χ1n) is 5.49. The Kier molecular flexibility index (Phi) is 5.97. The Balaban J connectivity index is 4.60. The molecule has 0 heterocycles. The van der Waals surface area contributed by atoms with Crippen LogP contribution in [0.1, 0.15) is 34.6 Å². The van der Waals surface area contributed by atoms with Gasteiger partial charge in [-0.2, -0.15) is 0 Å². The molecule has 1 unspecified atom stereocenters. The van der Waals surface area contributed by atoms with Gasteiger partial charge >= 0.3 is 0 Å². The van der Waals surface area contributed by atoms with Gasteiger partial charge in [-0.05, 0) is 19.8 Å². The molecule has 0 aromatic carbocycles. The molecule has 0 fully saturated rings. The molecule has 4 heteroatoms. The molecule has 88 valence electrons. The van der Waals surface area contributed by atoms with Crippen LogP contribution in [-0.2, 0) is 9.59 Å². The van der Waals surface area contributed by atoms with Crippen LogP contribution in [0.5, 0.6) is 0 Å². The van der Waals surface area contributed by atoms with Crippen molar-refractivity contribution in [2.24, 2.45) is 5.92 Å². The lowest BCUT2D eigenvalue weighted by Gasteiger charge is -2.27. The van der Waals surface area contributed by atoms with Crippen LogP contribution in [0.15, 0.2) is 0 Å². The Morgan fingerprint density at radius 2 is 1.67 bits per heavy atom. The van der Waals surface area contributed by atoms with Gasteiger partial charge < -0.3 is 10.2 Å². The molecular weight excluding hydrogens is 192 g/mol. The molecule has 0 aliphatic rings. The maximum absolute atomic E-state index is 12.0. The summed E-state index contributed by atoms with van der Waals surface area (Å²) in [6.45, 7) is 10.5. The van der Waals surface area contributed by atoms with Crippen molar-refractivity contribution in [3.8, 4) is 0 Å².